The van der Waals surface area contributed by atoms with E-state index >= 15 is 0 Å². The normalized spacial score (nSPS) is 13.5. The molecule has 1 aromatic carbocycles. The first-order chi connectivity index (χ1) is 11.5. The molecule has 1 aromatic heterocycles. The Morgan fingerprint density at radius 1 is 1.33 bits per heavy atom. The van der Waals surface area contributed by atoms with Crippen LogP contribution < -0.4 is 10.1 Å². The molecular weight excluding hydrogens is 308 g/mol. The predicted molar refractivity (Wildman–Crippen MR) is 92.1 cm³/mol. The van der Waals surface area contributed by atoms with Crippen molar-refractivity contribution in [1.29, 1.82) is 0 Å². The fraction of sp³-hybridized carbons (Fsp3) is 0.444. The van der Waals surface area contributed by atoms with Gasteiger partial charge in [-0.05, 0) is 30.2 Å². The number of fused-ring (bicyclic) bond motifs is 1. The number of benzene rings is 1. The maximum atomic E-state index is 12.1. The average Bonchev–Trinajstić information content (AvgIpc) is 2.98. The minimum Gasteiger partial charge on any atom is -0.497 e. The lowest BCUT2D eigenvalue weighted by Crippen LogP contribution is -2.45. The quantitative estimate of drug-likeness (QED) is 0.779. The largest absolute Gasteiger partial charge is 0.497 e. The van der Waals surface area contributed by atoms with Crippen molar-refractivity contribution in [2.45, 2.75) is 39.3 Å². The van der Waals surface area contributed by atoms with Gasteiger partial charge in [0, 0.05) is 30.1 Å². The summed E-state index contributed by atoms with van der Waals surface area (Å²) in [4.78, 5) is 23.4. The van der Waals surface area contributed by atoms with E-state index in [1.807, 2.05) is 48.9 Å². The van der Waals surface area contributed by atoms with Crippen LogP contribution in [0.1, 0.15) is 26.7 Å². The van der Waals surface area contributed by atoms with E-state index in [0.717, 1.165) is 16.7 Å². The molecule has 6 nitrogen and oxygen atoms in total. The summed E-state index contributed by atoms with van der Waals surface area (Å²) in [5, 5.41) is 12.9. The van der Waals surface area contributed by atoms with Gasteiger partial charge in [-0.3, -0.25) is 4.79 Å². The number of nitrogens with one attached hydrogen (secondary N) is 1. The second-order valence-corrected chi connectivity index (χ2v) is 5.95. The Morgan fingerprint density at radius 3 is 2.71 bits per heavy atom. The molecule has 24 heavy (non-hydrogen) atoms. The molecule has 0 spiro atoms. The number of hydrogen-bond donors (Lipinski definition) is 2. The lowest BCUT2D eigenvalue weighted by Gasteiger charge is -2.20. The number of carboxylic acid groups (broad SMARTS) is 1. The molecular formula is C18H24N2O4. The fourth-order valence-electron chi connectivity index (χ4n) is 2.65. The molecule has 2 aromatic rings. The highest BCUT2D eigenvalue weighted by atomic mass is 16.5. The van der Waals surface area contributed by atoms with E-state index in [0.29, 0.717) is 13.0 Å². The number of carboxylic acids is 1. The second kappa shape index (κ2) is 7.86. The Labute approximate surface area is 141 Å². The molecule has 0 saturated carbocycles. The van der Waals surface area contributed by atoms with Crippen molar-refractivity contribution in [3.05, 3.63) is 30.5 Å². The van der Waals surface area contributed by atoms with Crippen molar-refractivity contribution in [2.24, 2.45) is 5.92 Å². The van der Waals surface area contributed by atoms with Gasteiger partial charge in [0.2, 0.25) is 5.91 Å². The molecule has 0 fully saturated rings. The average molecular weight is 332 g/mol. The van der Waals surface area contributed by atoms with Crippen LogP contribution in [0.3, 0.4) is 0 Å². The maximum absolute atomic E-state index is 12.1. The SMILES string of the molecule is CCC(C)C(NC(=O)CCn1ccc2cc(OC)ccc21)C(=O)O. The van der Waals surface area contributed by atoms with E-state index in [2.05, 4.69) is 5.32 Å². The van der Waals surface area contributed by atoms with Crippen LogP contribution in [0.2, 0.25) is 0 Å². The van der Waals surface area contributed by atoms with Gasteiger partial charge in [-0.1, -0.05) is 20.3 Å². The van der Waals surface area contributed by atoms with Crippen molar-refractivity contribution < 1.29 is 19.4 Å². The molecule has 2 unspecified atom stereocenters. The Hall–Kier alpha value is -2.50. The smallest absolute Gasteiger partial charge is 0.326 e. The van der Waals surface area contributed by atoms with E-state index in [1.54, 1.807) is 7.11 Å². The van der Waals surface area contributed by atoms with E-state index in [1.165, 1.54) is 0 Å². The molecule has 1 heterocycles. The molecule has 6 heteroatoms. The van der Waals surface area contributed by atoms with Crippen LogP contribution in [-0.4, -0.2) is 34.7 Å². The second-order valence-electron chi connectivity index (χ2n) is 5.95. The highest BCUT2D eigenvalue weighted by molar-refractivity contribution is 5.84. The third-order valence-corrected chi connectivity index (χ3v) is 4.35. The number of aryl methyl sites for hydroxylation is 1. The van der Waals surface area contributed by atoms with Crippen molar-refractivity contribution in [3.8, 4) is 5.75 Å². The van der Waals surface area contributed by atoms with E-state index < -0.39 is 12.0 Å². The molecule has 0 radical (unpaired) electrons. The molecule has 2 N–H and O–H groups in total. The number of carbonyl (C=O) groups excluding carboxylic acids is 1. The van der Waals surface area contributed by atoms with E-state index in [-0.39, 0.29) is 18.2 Å². The van der Waals surface area contributed by atoms with Crippen LogP contribution in [0.4, 0.5) is 0 Å². The first kappa shape index (κ1) is 17.8. The third-order valence-electron chi connectivity index (χ3n) is 4.35. The zero-order valence-corrected chi connectivity index (χ0v) is 14.3. The van der Waals surface area contributed by atoms with Crippen LogP contribution >= 0.6 is 0 Å². The molecule has 0 bridgehead atoms. The Kier molecular flexibility index (Phi) is 5.84. The van der Waals surface area contributed by atoms with Gasteiger partial charge < -0.3 is 19.7 Å². The van der Waals surface area contributed by atoms with Gasteiger partial charge in [0.25, 0.3) is 0 Å². The molecule has 130 valence electrons. The zero-order valence-electron chi connectivity index (χ0n) is 14.3. The van der Waals surface area contributed by atoms with E-state index in [4.69, 9.17) is 4.74 Å². The summed E-state index contributed by atoms with van der Waals surface area (Å²) in [6, 6.07) is 6.89. The minimum atomic E-state index is -0.990. The monoisotopic (exact) mass is 332 g/mol. The molecule has 0 aliphatic carbocycles. The van der Waals surface area contributed by atoms with Gasteiger partial charge in [-0.15, -0.1) is 0 Å². The Bertz CT molecular complexity index is 723. The number of amides is 1. The number of ether oxygens (including phenoxy) is 1. The first-order valence-corrected chi connectivity index (χ1v) is 8.11. The summed E-state index contributed by atoms with van der Waals surface area (Å²) in [7, 11) is 1.62. The van der Waals surface area contributed by atoms with Crippen LogP contribution in [-0.2, 0) is 16.1 Å². The third kappa shape index (κ3) is 4.07. The van der Waals surface area contributed by atoms with Gasteiger partial charge >= 0.3 is 5.97 Å². The van der Waals surface area contributed by atoms with Crippen LogP contribution in [0.5, 0.6) is 5.75 Å². The zero-order chi connectivity index (χ0) is 17.7. The number of aliphatic carboxylic acids is 1. The molecule has 1 amide bonds. The molecule has 0 aliphatic heterocycles. The standard InChI is InChI=1S/C18H24N2O4/c1-4-12(2)17(18(22)23)19-16(21)8-10-20-9-7-13-11-14(24-3)5-6-15(13)20/h5-7,9,11-12,17H,4,8,10H2,1-3H3,(H,19,21)(H,22,23). The lowest BCUT2D eigenvalue weighted by molar-refractivity contribution is -0.143. The van der Waals surface area contributed by atoms with Gasteiger partial charge in [0.05, 0.1) is 7.11 Å². The summed E-state index contributed by atoms with van der Waals surface area (Å²) in [6.45, 7) is 4.23. The number of methoxy groups -OCH3 is 1. The fourth-order valence-corrected chi connectivity index (χ4v) is 2.65. The summed E-state index contributed by atoms with van der Waals surface area (Å²) in [5.41, 5.74) is 1.01. The Morgan fingerprint density at radius 2 is 2.08 bits per heavy atom. The number of aromatic nitrogens is 1. The molecule has 0 aliphatic rings. The maximum Gasteiger partial charge on any atom is 0.326 e. The highest BCUT2D eigenvalue weighted by Crippen LogP contribution is 2.22. The van der Waals surface area contributed by atoms with Crippen molar-refractivity contribution in [1.82, 2.24) is 9.88 Å². The van der Waals surface area contributed by atoms with Gasteiger partial charge in [-0.25, -0.2) is 4.79 Å². The highest BCUT2D eigenvalue weighted by Gasteiger charge is 2.25. The minimum absolute atomic E-state index is 0.105. The lowest BCUT2D eigenvalue weighted by atomic mass is 9.99. The molecule has 2 rings (SSSR count). The van der Waals surface area contributed by atoms with Crippen LogP contribution in [0.15, 0.2) is 30.5 Å². The number of carbonyl (C=O) groups is 2. The van der Waals surface area contributed by atoms with Gasteiger partial charge in [0.1, 0.15) is 11.8 Å². The Balaban J connectivity index is 2.00. The van der Waals surface area contributed by atoms with Crippen LogP contribution in [0, 0.1) is 5.92 Å². The number of nitrogens with zero attached hydrogens (tertiary/aromatic N) is 1. The van der Waals surface area contributed by atoms with Crippen molar-refractivity contribution in [2.75, 3.05) is 7.11 Å². The van der Waals surface area contributed by atoms with E-state index in [9.17, 15) is 14.7 Å². The topological polar surface area (TPSA) is 80.6 Å². The van der Waals surface area contributed by atoms with Crippen LogP contribution in [0.25, 0.3) is 10.9 Å². The summed E-state index contributed by atoms with van der Waals surface area (Å²) in [5.74, 6) is -0.559. The summed E-state index contributed by atoms with van der Waals surface area (Å²) < 4.78 is 7.18. The number of rotatable bonds is 8. The molecule has 2 atom stereocenters. The number of hydrogen-bond acceptors (Lipinski definition) is 3. The summed E-state index contributed by atoms with van der Waals surface area (Å²) in [6.07, 6.45) is 2.85. The van der Waals surface area contributed by atoms with Crippen molar-refractivity contribution in [3.63, 3.8) is 0 Å². The summed E-state index contributed by atoms with van der Waals surface area (Å²) >= 11 is 0. The van der Waals surface area contributed by atoms with Gasteiger partial charge in [-0.2, -0.15) is 0 Å². The predicted octanol–water partition coefficient (Wildman–Crippen LogP) is 2.66. The first-order valence-electron chi connectivity index (χ1n) is 8.11. The van der Waals surface area contributed by atoms with Crippen molar-refractivity contribution >= 4 is 22.8 Å². The van der Waals surface area contributed by atoms with Gasteiger partial charge in [0.15, 0.2) is 0 Å². The molecule has 0 saturated heterocycles.